The van der Waals surface area contributed by atoms with Crippen LogP contribution in [0.25, 0.3) is 0 Å². The third-order valence-corrected chi connectivity index (χ3v) is 26.2. The summed E-state index contributed by atoms with van der Waals surface area (Å²) in [5.74, 6) is 2.75. The first-order chi connectivity index (χ1) is 65.5. The zero-order valence-electron chi connectivity index (χ0n) is 77.0. The molecule has 31 heteroatoms. The fourth-order valence-corrected chi connectivity index (χ4v) is 18.8. The molecule has 4 aliphatic carbocycles. The number of amides is 4. The molecule has 4 amide bonds. The standard InChI is InChI=1S/C30H28N2O4.C28H30N4O4.C28H29N3O4.C18H17N3O5.CH2O2/c33-24-12-13-27(28(34)14-24)32-18-26-25(30(32)35)6-3-7-29(26)36-19-21-10-8-20(9-11-21)15-31-16-22-4-1-2-5-23(22)17-31;1-28(2,3)26-16-31(30-29-26)14-18-7-9-19(10-8-18)17-36-25-6-4-5-21-22(25)15-32(27(21)35)23-12-11-20(33)13-24(23)34;1-17-18(2)30(19(3)29-17)14-20-7-9-21(10-8-20)16-35-27-6-4-5-23-24(27)15-31(28(23)34)25-12-11-22(32)13-26(25)33;1-10-19-20-17(26-10)9-25-16-4-2-3-12-13(16)8-21(18(12)24)14-6-5-11(22)7-15(14)23;2-1-3/h1-11,27H,12-19H2;4-10,16,23H,11-15,17H2,1-3H3;4-10,25H,11-16H2,1-3H3;2-4,14H,5-9H2,1H3;1H,(H,2,3). The molecule has 1 N–H and O–H groups in total. The van der Waals surface area contributed by atoms with Crippen LogP contribution in [-0.4, -0.2) is 165 Å². The molecule has 3 aromatic heterocycles. The number of hydrogen-bond acceptors (Lipinski definition) is 24. The second-order valence-corrected chi connectivity index (χ2v) is 36.6. The van der Waals surface area contributed by atoms with Gasteiger partial charge < -0.3 is 52.6 Å². The van der Waals surface area contributed by atoms with E-state index in [4.69, 9.17) is 33.3 Å². The van der Waals surface area contributed by atoms with Crippen molar-refractivity contribution in [3.8, 4) is 23.0 Å². The molecular formula is C105H106N12O19. The van der Waals surface area contributed by atoms with E-state index in [2.05, 4.69) is 135 Å². The van der Waals surface area contributed by atoms with Crippen molar-refractivity contribution in [3.63, 3.8) is 0 Å². The van der Waals surface area contributed by atoms with E-state index >= 15 is 0 Å². The molecule has 4 atom stereocenters. The van der Waals surface area contributed by atoms with Crippen LogP contribution in [0.5, 0.6) is 23.0 Å². The Balaban J connectivity index is 0.000000131. The van der Waals surface area contributed by atoms with Crippen LogP contribution in [0.4, 0.5) is 0 Å². The highest BCUT2D eigenvalue weighted by atomic mass is 16.5. The van der Waals surface area contributed by atoms with E-state index in [0.29, 0.717) is 154 Å². The van der Waals surface area contributed by atoms with E-state index < -0.39 is 24.2 Å². The minimum Gasteiger partial charge on any atom is -0.489 e. The molecule has 4 unspecified atom stereocenters. The number of hydrogen-bond donors (Lipinski definition) is 1. The van der Waals surface area contributed by atoms with Gasteiger partial charge in [-0.1, -0.05) is 147 Å². The maximum atomic E-state index is 13.0. The third-order valence-electron chi connectivity index (χ3n) is 26.2. The van der Waals surface area contributed by atoms with Crippen molar-refractivity contribution in [1.29, 1.82) is 0 Å². The van der Waals surface area contributed by atoms with Crippen LogP contribution >= 0.6 is 0 Å². The Morgan fingerprint density at radius 1 is 0.397 bits per heavy atom. The van der Waals surface area contributed by atoms with Crippen molar-refractivity contribution >= 4 is 76.4 Å². The number of rotatable bonds is 22. The molecule has 31 nitrogen and oxygen atoms in total. The second-order valence-electron chi connectivity index (χ2n) is 36.6. The van der Waals surface area contributed by atoms with Crippen molar-refractivity contribution in [2.45, 2.75) is 240 Å². The van der Waals surface area contributed by atoms with Crippen molar-refractivity contribution in [3.05, 3.63) is 300 Å². The van der Waals surface area contributed by atoms with Crippen LogP contribution < -0.4 is 18.9 Å². The number of aryl methyl sites for hydroxylation is 3. The molecule has 0 saturated heterocycles. The molecule has 700 valence electrons. The minimum absolute atomic E-state index is 0.0380. The molecule has 4 fully saturated rings. The third kappa shape index (κ3) is 21.5. The van der Waals surface area contributed by atoms with E-state index in [1.165, 1.54) is 27.9 Å². The summed E-state index contributed by atoms with van der Waals surface area (Å²) in [4.78, 5) is 169. The van der Waals surface area contributed by atoms with Crippen LogP contribution in [0.1, 0.15) is 241 Å². The van der Waals surface area contributed by atoms with Crippen LogP contribution in [0.15, 0.2) is 180 Å². The first kappa shape index (κ1) is 94.3. The number of fused-ring (bicyclic) bond motifs is 5. The second kappa shape index (κ2) is 41.3. The van der Waals surface area contributed by atoms with E-state index in [1.54, 1.807) is 69.0 Å². The molecule has 0 radical (unpaired) electrons. The number of carboxylic acid groups (broad SMARTS) is 1. The Morgan fingerprint density at radius 2 is 0.728 bits per heavy atom. The first-order valence-corrected chi connectivity index (χ1v) is 45.7. The van der Waals surface area contributed by atoms with Crippen LogP contribution in [0, 0.1) is 27.7 Å². The number of Topliss-reactive ketones (excluding diaryl/α,β-unsaturated/α-hetero) is 8. The summed E-state index contributed by atoms with van der Waals surface area (Å²) in [6, 6.07) is 53.0. The monoisotopic (exact) mass is 1840 g/mol. The summed E-state index contributed by atoms with van der Waals surface area (Å²) < 4.78 is 33.5. The number of aromatic nitrogens is 7. The number of ketones is 8. The Hall–Kier alpha value is -14.9. The predicted molar refractivity (Wildman–Crippen MR) is 493 cm³/mol. The quantitative estimate of drug-likeness (QED) is 0.0486. The van der Waals surface area contributed by atoms with Gasteiger partial charge in [-0.25, -0.2) is 9.67 Å². The topological polar surface area (TPSA) is 383 Å². The van der Waals surface area contributed by atoms with E-state index in [9.17, 15) is 57.5 Å². The van der Waals surface area contributed by atoms with E-state index in [1.807, 2.05) is 79.3 Å². The van der Waals surface area contributed by atoms with Gasteiger partial charge in [-0.2, -0.15) is 0 Å². The smallest absolute Gasteiger partial charge is 0.290 e. The predicted octanol–water partition coefficient (Wildman–Crippen LogP) is 13.7. The number of carbonyl (C=O) groups excluding carboxylic acids is 12. The summed E-state index contributed by atoms with van der Waals surface area (Å²) in [5.41, 5.74) is 18.0. The zero-order chi connectivity index (χ0) is 95.8. The van der Waals surface area contributed by atoms with Crippen LogP contribution in [-0.2, 0) is 134 Å². The lowest BCUT2D eigenvalue weighted by atomic mass is 9.92. The van der Waals surface area contributed by atoms with Gasteiger partial charge in [0.2, 0.25) is 5.89 Å². The van der Waals surface area contributed by atoms with Gasteiger partial charge in [-0.05, 0) is 139 Å². The molecule has 20 rings (SSSR count). The van der Waals surface area contributed by atoms with E-state index in [0.717, 1.165) is 87.9 Å². The number of nitrogens with zero attached hydrogens (tertiary/aromatic N) is 12. The average molecular weight is 1840 g/mol. The van der Waals surface area contributed by atoms with Gasteiger partial charge in [-0.3, -0.25) is 67.2 Å². The van der Waals surface area contributed by atoms with Gasteiger partial charge in [-0.15, -0.1) is 15.3 Å². The van der Waals surface area contributed by atoms with Crippen molar-refractivity contribution in [2.75, 3.05) is 0 Å². The molecule has 4 saturated carbocycles. The molecule has 8 aromatic carbocycles. The molecule has 11 aromatic rings. The van der Waals surface area contributed by atoms with Crippen molar-refractivity contribution in [2.24, 2.45) is 0 Å². The zero-order valence-corrected chi connectivity index (χ0v) is 77.0. The lowest BCUT2D eigenvalue weighted by molar-refractivity contribution is -0.134. The number of benzene rings is 8. The van der Waals surface area contributed by atoms with Gasteiger partial charge >= 0.3 is 0 Å². The number of ether oxygens (including phenoxy) is 4. The van der Waals surface area contributed by atoms with Crippen LogP contribution in [0.2, 0.25) is 0 Å². The Kier molecular flexibility index (Phi) is 28.7. The molecule has 8 heterocycles. The SMILES string of the molecule is CC(C)(C)c1cn(Cc2ccc(COc3cccc4c3CN(C3CCC(=O)CC3=O)C4=O)cc2)nn1.Cc1nc(C)n(Cc2ccc(COc3cccc4c3CN(C3CCC(=O)CC3=O)C4=O)cc2)c1C.Cc1nnc(COc2cccc3c2CN(C2CCC(=O)CC2=O)C3=O)o1.O=C1CCC(N2Cc3c(OCc4ccc(CN5Cc6ccccc6C5)cc4)cccc3C2=O)C(=O)C1.O=CO. The highest BCUT2D eigenvalue weighted by Gasteiger charge is 2.45. The largest absolute Gasteiger partial charge is 0.489 e. The fraction of sp³-hybridized carbons (Fsp3) is 0.352. The van der Waals surface area contributed by atoms with Gasteiger partial charge in [0.15, 0.2) is 29.7 Å². The summed E-state index contributed by atoms with van der Waals surface area (Å²) in [6.45, 7) is 20.7. The van der Waals surface area contributed by atoms with Crippen molar-refractivity contribution < 1.29 is 90.8 Å². The average Bonchev–Trinajstić information content (AvgIpc) is 1.63. The normalized spacial score (nSPS) is 18.4. The summed E-state index contributed by atoms with van der Waals surface area (Å²) >= 11 is 0. The van der Waals surface area contributed by atoms with Gasteiger partial charge in [0.1, 0.15) is 71.8 Å². The summed E-state index contributed by atoms with van der Waals surface area (Å²) in [6.07, 6.45) is 4.59. The van der Waals surface area contributed by atoms with Crippen LogP contribution in [0.3, 0.4) is 0 Å². The summed E-state index contributed by atoms with van der Waals surface area (Å²) in [7, 11) is 0. The molecule has 0 bridgehead atoms. The molecule has 0 spiro atoms. The minimum atomic E-state index is -0.543. The maximum Gasteiger partial charge on any atom is 0.290 e. The first-order valence-electron chi connectivity index (χ1n) is 45.7. The van der Waals surface area contributed by atoms with Gasteiger partial charge in [0, 0.05) is 121 Å². The summed E-state index contributed by atoms with van der Waals surface area (Å²) in [5, 5.41) is 23.0. The number of carbonyl (C=O) groups is 13. The highest BCUT2D eigenvalue weighted by Crippen LogP contribution is 2.41. The van der Waals surface area contributed by atoms with Gasteiger partial charge in [0.05, 0.1) is 94.0 Å². The Labute approximate surface area is 785 Å². The highest BCUT2D eigenvalue weighted by molar-refractivity contribution is 6.11. The lowest BCUT2D eigenvalue weighted by Crippen LogP contribution is -2.44. The molecular weight excluding hydrogens is 1730 g/mol. The maximum absolute atomic E-state index is 13.0. The fourth-order valence-electron chi connectivity index (χ4n) is 18.8. The Bertz CT molecular complexity index is 6460. The number of imidazole rings is 1. The molecule has 136 heavy (non-hydrogen) atoms. The van der Waals surface area contributed by atoms with E-state index in [-0.39, 0.29) is 121 Å². The van der Waals surface area contributed by atoms with Crippen molar-refractivity contribution in [1.82, 2.24) is 59.2 Å². The van der Waals surface area contributed by atoms with Gasteiger partial charge in [0.25, 0.3) is 36.0 Å². The lowest BCUT2D eigenvalue weighted by Gasteiger charge is -2.29. The Morgan fingerprint density at radius 3 is 1.04 bits per heavy atom. The molecule has 5 aliphatic heterocycles. The molecule has 9 aliphatic rings.